The summed E-state index contributed by atoms with van der Waals surface area (Å²) in [6, 6.07) is -0.166. The molecule has 1 rings (SSSR count). The van der Waals surface area contributed by atoms with Crippen molar-refractivity contribution in [3.05, 3.63) is 0 Å². The Labute approximate surface area is 88.0 Å². The molecular weight excluding hydrogens is 200 g/mol. The van der Waals surface area contributed by atoms with Gasteiger partial charge in [0.05, 0.1) is 12.6 Å². The van der Waals surface area contributed by atoms with Gasteiger partial charge >= 0.3 is 12.0 Å². The minimum absolute atomic E-state index is 0.0762. The Bertz CT molecular complexity index is 226. The van der Waals surface area contributed by atoms with Gasteiger partial charge in [-0.3, -0.25) is 4.79 Å². The Hall–Kier alpha value is -1.30. The van der Waals surface area contributed by atoms with E-state index in [1.165, 1.54) is 0 Å². The zero-order chi connectivity index (χ0) is 11.1. The van der Waals surface area contributed by atoms with Crippen LogP contribution in [0.5, 0.6) is 0 Å². The van der Waals surface area contributed by atoms with Crippen LogP contribution in [0, 0.1) is 0 Å². The number of ether oxygens (including phenoxy) is 1. The van der Waals surface area contributed by atoms with Gasteiger partial charge in [0, 0.05) is 19.6 Å². The van der Waals surface area contributed by atoms with Crippen LogP contribution in [0.15, 0.2) is 0 Å². The third-order valence-electron chi connectivity index (χ3n) is 2.12. The van der Waals surface area contributed by atoms with E-state index in [2.05, 4.69) is 10.6 Å². The highest BCUT2D eigenvalue weighted by Crippen LogP contribution is 2.02. The molecule has 3 N–H and O–H groups in total. The molecule has 1 aliphatic rings. The van der Waals surface area contributed by atoms with E-state index in [1.807, 2.05) is 0 Å². The molecule has 15 heavy (non-hydrogen) atoms. The maximum absolute atomic E-state index is 11.2. The first kappa shape index (κ1) is 11.8. The standard InChI is InChI=1S/C9H16N2O4/c12-8(13)2-1-4-10-9(14)11-7-3-5-15-6-7/h7H,1-6H2,(H,12,13)(H2,10,11,14). The number of urea groups is 1. The van der Waals surface area contributed by atoms with Gasteiger partial charge in [-0.15, -0.1) is 0 Å². The second-order valence-electron chi connectivity index (χ2n) is 3.46. The Balaban J connectivity index is 2.00. The highest BCUT2D eigenvalue weighted by molar-refractivity contribution is 5.74. The van der Waals surface area contributed by atoms with Crippen LogP contribution in [-0.2, 0) is 9.53 Å². The number of aliphatic carboxylic acids is 1. The number of amides is 2. The average Bonchev–Trinajstić information content (AvgIpc) is 2.64. The van der Waals surface area contributed by atoms with Crippen molar-refractivity contribution in [2.45, 2.75) is 25.3 Å². The van der Waals surface area contributed by atoms with E-state index in [0.717, 1.165) is 6.42 Å². The zero-order valence-corrected chi connectivity index (χ0v) is 8.49. The lowest BCUT2D eigenvalue weighted by atomic mass is 10.3. The molecule has 0 radical (unpaired) electrons. The summed E-state index contributed by atoms with van der Waals surface area (Å²) in [7, 11) is 0. The van der Waals surface area contributed by atoms with Gasteiger partial charge in [-0.05, 0) is 12.8 Å². The third kappa shape index (κ3) is 5.21. The fourth-order valence-corrected chi connectivity index (χ4v) is 1.33. The van der Waals surface area contributed by atoms with E-state index < -0.39 is 5.97 Å². The molecule has 0 aliphatic carbocycles. The molecule has 0 aromatic rings. The molecule has 1 unspecified atom stereocenters. The molecule has 1 aliphatic heterocycles. The fraction of sp³-hybridized carbons (Fsp3) is 0.778. The van der Waals surface area contributed by atoms with Crippen molar-refractivity contribution in [3.63, 3.8) is 0 Å². The number of hydrogen-bond donors (Lipinski definition) is 3. The molecule has 1 fully saturated rings. The molecule has 6 nitrogen and oxygen atoms in total. The van der Waals surface area contributed by atoms with Crippen LogP contribution in [0.25, 0.3) is 0 Å². The van der Waals surface area contributed by atoms with Crippen LogP contribution in [0.1, 0.15) is 19.3 Å². The van der Waals surface area contributed by atoms with Crippen LogP contribution in [0.2, 0.25) is 0 Å². The van der Waals surface area contributed by atoms with Gasteiger partial charge in [0.1, 0.15) is 0 Å². The number of carbonyl (C=O) groups is 2. The molecule has 1 atom stereocenters. The molecule has 0 spiro atoms. The molecular formula is C9H16N2O4. The molecule has 0 saturated carbocycles. The predicted molar refractivity (Wildman–Crippen MR) is 52.6 cm³/mol. The highest BCUT2D eigenvalue weighted by Gasteiger charge is 2.17. The van der Waals surface area contributed by atoms with Crippen molar-refractivity contribution in [1.29, 1.82) is 0 Å². The molecule has 0 aromatic carbocycles. The minimum Gasteiger partial charge on any atom is -0.481 e. The first-order valence-electron chi connectivity index (χ1n) is 5.02. The normalized spacial score (nSPS) is 19.9. The van der Waals surface area contributed by atoms with E-state index in [-0.39, 0.29) is 18.5 Å². The second kappa shape index (κ2) is 6.23. The van der Waals surface area contributed by atoms with Gasteiger partial charge in [0.15, 0.2) is 0 Å². The van der Waals surface area contributed by atoms with Crippen LogP contribution in [0.4, 0.5) is 4.79 Å². The van der Waals surface area contributed by atoms with Gasteiger partial charge in [-0.25, -0.2) is 4.79 Å². The summed E-state index contributed by atoms with van der Waals surface area (Å²) in [6.45, 7) is 1.62. The topological polar surface area (TPSA) is 87.7 Å². The lowest BCUT2D eigenvalue weighted by molar-refractivity contribution is -0.137. The Kier molecular flexibility index (Phi) is 4.89. The zero-order valence-electron chi connectivity index (χ0n) is 8.49. The summed E-state index contributed by atoms with van der Waals surface area (Å²) in [4.78, 5) is 21.4. The summed E-state index contributed by atoms with van der Waals surface area (Å²) >= 11 is 0. The highest BCUT2D eigenvalue weighted by atomic mass is 16.5. The molecule has 0 bridgehead atoms. The van der Waals surface area contributed by atoms with Crippen LogP contribution < -0.4 is 10.6 Å². The first-order valence-corrected chi connectivity index (χ1v) is 5.02. The van der Waals surface area contributed by atoms with E-state index in [4.69, 9.17) is 9.84 Å². The largest absolute Gasteiger partial charge is 0.481 e. The smallest absolute Gasteiger partial charge is 0.315 e. The molecule has 0 aromatic heterocycles. The van der Waals surface area contributed by atoms with Crippen molar-refractivity contribution >= 4 is 12.0 Å². The van der Waals surface area contributed by atoms with Crippen LogP contribution in [-0.4, -0.2) is 42.9 Å². The summed E-state index contributed by atoms with van der Waals surface area (Å²) < 4.78 is 5.09. The van der Waals surface area contributed by atoms with Gasteiger partial charge < -0.3 is 20.5 Å². The molecule has 2 amide bonds. The number of carbonyl (C=O) groups excluding carboxylic acids is 1. The third-order valence-corrected chi connectivity index (χ3v) is 2.12. The number of rotatable bonds is 5. The molecule has 1 saturated heterocycles. The quantitative estimate of drug-likeness (QED) is 0.562. The van der Waals surface area contributed by atoms with E-state index in [9.17, 15) is 9.59 Å². The van der Waals surface area contributed by atoms with Crippen LogP contribution in [0.3, 0.4) is 0 Å². The van der Waals surface area contributed by atoms with Crippen molar-refractivity contribution in [3.8, 4) is 0 Å². The van der Waals surface area contributed by atoms with Crippen molar-refractivity contribution < 1.29 is 19.4 Å². The van der Waals surface area contributed by atoms with Gasteiger partial charge in [0.25, 0.3) is 0 Å². The van der Waals surface area contributed by atoms with E-state index in [1.54, 1.807) is 0 Å². The number of carboxylic acids is 1. The van der Waals surface area contributed by atoms with Gasteiger partial charge in [0.2, 0.25) is 0 Å². The Morgan fingerprint density at radius 3 is 2.87 bits per heavy atom. The summed E-state index contributed by atoms with van der Waals surface area (Å²) in [5, 5.41) is 13.7. The lowest BCUT2D eigenvalue weighted by Crippen LogP contribution is -2.42. The molecule has 6 heteroatoms. The Morgan fingerprint density at radius 1 is 1.47 bits per heavy atom. The number of hydrogen-bond acceptors (Lipinski definition) is 3. The number of carboxylic acid groups (broad SMARTS) is 1. The lowest BCUT2D eigenvalue weighted by Gasteiger charge is -2.11. The van der Waals surface area contributed by atoms with Crippen molar-refractivity contribution in [1.82, 2.24) is 10.6 Å². The second-order valence-corrected chi connectivity index (χ2v) is 3.46. The van der Waals surface area contributed by atoms with Gasteiger partial charge in [-0.2, -0.15) is 0 Å². The number of nitrogens with one attached hydrogen (secondary N) is 2. The van der Waals surface area contributed by atoms with Crippen LogP contribution >= 0.6 is 0 Å². The summed E-state index contributed by atoms with van der Waals surface area (Å²) in [5.74, 6) is -0.846. The maximum Gasteiger partial charge on any atom is 0.315 e. The monoisotopic (exact) mass is 216 g/mol. The molecule has 86 valence electrons. The summed E-state index contributed by atoms with van der Waals surface area (Å²) in [6.07, 6.45) is 1.36. The maximum atomic E-state index is 11.2. The molecule has 1 heterocycles. The summed E-state index contributed by atoms with van der Waals surface area (Å²) in [5.41, 5.74) is 0. The van der Waals surface area contributed by atoms with Crippen molar-refractivity contribution in [2.75, 3.05) is 19.8 Å². The average molecular weight is 216 g/mol. The van der Waals surface area contributed by atoms with Crippen molar-refractivity contribution in [2.24, 2.45) is 0 Å². The Morgan fingerprint density at radius 2 is 2.27 bits per heavy atom. The fourth-order valence-electron chi connectivity index (χ4n) is 1.33. The minimum atomic E-state index is -0.846. The SMILES string of the molecule is O=C(O)CCCNC(=O)NC1CCOC1. The first-order chi connectivity index (χ1) is 7.18. The van der Waals surface area contributed by atoms with Gasteiger partial charge in [-0.1, -0.05) is 0 Å². The predicted octanol–water partition coefficient (Wildman–Crippen LogP) is -0.0607. The van der Waals surface area contributed by atoms with E-state index in [0.29, 0.717) is 26.2 Å². The van der Waals surface area contributed by atoms with E-state index >= 15 is 0 Å².